The van der Waals surface area contributed by atoms with Crippen molar-refractivity contribution in [3.05, 3.63) is 35.4 Å². The molecule has 32 heavy (non-hydrogen) atoms. The molecule has 3 N–H and O–H groups in total. The summed E-state index contributed by atoms with van der Waals surface area (Å²) in [5, 5.41) is 9.06. The first-order chi connectivity index (χ1) is 14.9. The van der Waals surface area contributed by atoms with E-state index >= 15 is 0 Å². The van der Waals surface area contributed by atoms with E-state index < -0.39 is 6.04 Å². The summed E-state index contributed by atoms with van der Waals surface area (Å²) >= 11 is 0. The molecule has 0 unspecified atom stereocenters. The van der Waals surface area contributed by atoms with Gasteiger partial charge in [0.15, 0.2) is 0 Å². The van der Waals surface area contributed by atoms with E-state index in [0.717, 1.165) is 5.56 Å². The van der Waals surface area contributed by atoms with Gasteiger partial charge in [0.25, 0.3) is 5.91 Å². The van der Waals surface area contributed by atoms with E-state index in [4.69, 9.17) is 0 Å². The number of aryl methyl sites for hydroxylation is 1. The van der Waals surface area contributed by atoms with Gasteiger partial charge in [0, 0.05) is 30.2 Å². The second kappa shape index (κ2) is 10.8. The number of benzene rings is 1. The number of piperidine rings is 1. The predicted molar refractivity (Wildman–Crippen MR) is 127 cm³/mol. The lowest BCUT2D eigenvalue weighted by Gasteiger charge is -2.37. The fraction of sp³-hybridized carbons (Fsp3) is 0.640. The molecule has 1 heterocycles. The van der Waals surface area contributed by atoms with Crippen LogP contribution in [0.25, 0.3) is 0 Å². The summed E-state index contributed by atoms with van der Waals surface area (Å²) in [4.78, 5) is 40.5. The maximum atomic E-state index is 13.2. The number of carbonyl (C=O) groups is 3. The highest BCUT2D eigenvalue weighted by Crippen LogP contribution is 2.23. The molecule has 1 aromatic rings. The lowest BCUT2D eigenvalue weighted by atomic mass is 9.88. The number of likely N-dealkylation sites (tertiary alicyclic amines) is 1. The van der Waals surface area contributed by atoms with E-state index in [1.165, 1.54) is 0 Å². The van der Waals surface area contributed by atoms with Gasteiger partial charge in [-0.15, -0.1) is 0 Å². The van der Waals surface area contributed by atoms with Gasteiger partial charge in [0.05, 0.1) is 0 Å². The molecule has 1 saturated heterocycles. The standard InChI is InChI=1S/C25H40N4O3/c1-16(2)18(4)26-23(31)21(27-22(30)20-11-9-8-10-17(20)3)19-12-14-29(15-13-19)24(32)28-25(5,6)7/h8-11,16,18-19,21H,12-15H2,1-7H3,(H,26,31)(H,27,30)(H,28,32)/t18-,21+/m1/s1. The van der Waals surface area contributed by atoms with Crippen molar-refractivity contribution in [1.82, 2.24) is 20.9 Å². The minimum atomic E-state index is -0.642. The van der Waals surface area contributed by atoms with Crippen LogP contribution in [0.2, 0.25) is 0 Å². The van der Waals surface area contributed by atoms with E-state index in [2.05, 4.69) is 29.8 Å². The summed E-state index contributed by atoms with van der Waals surface area (Å²) in [6, 6.07) is 6.64. The third-order valence-corrected chi connectivity index (χ3v) is 6.11. The molecule has 1 fully saturated rings. The van der Waals surface area contributed by atoms with Crippen molar-refractivity contribution in [3.63, 3.8) is 0 Å². The zero-order valence-corrected chi connectivity index (χ0v) is 20.6. The molecule has 1 aliphatic rings. The summed E-state index contributed by atoms with van der Waals surface area (Å²) in [5.41, 5.74) is 1.14. The Hall–Kier alpha value is -2.57. The van der Waals surface area contributed by atoms with E-state index in [1.807, 2.05) is 52.8 Å². The van der Waals surface area contributed by atoms with Crippen molar-refractivity contribution in [2.24, 2.45) is 11.8 Å². The summed E-state index contributed by atoms with van der Waals surface area (Å²) in [5.74, 6) is -0.158. The number of nitrogens with one attached hydrogen (secondary N) is 3. The van der Waals surface area contributed by atoms with Crippen molar-refractivity contribution in [2.75, 3.05) is 13.1 Å². The lowest BCUT2D eigenvalue weighted by molar-refractivity contribution is -0.125. The van der Waals surface area contributed by atoms with Gasteiger partial charge in [0.2, 0.25) is 5.91 Å². The Labute approximate surface area is 192 Å². The molecule has 0 bridgehead atoms. The Morgan fingerprint density at radius 2 is 1.59 bits per heavy atom. The van der Waals surface area contributed by atoms with Crippen molar-refractivity contribution >= 4 is 17.8 Å². The molecule has 178 valence electrons. The Bertz CT molecular complexity index is 808. The van der Waals surface area contributed by atoms with Crippen molar-refractivity contribution in [2.45, 2.75) is 78.9 Å². The van der Waals surface area contributed by atoms with Crippen LogP contribution in [-0.4, -0.2) is 53.5 Å². The fourth-order valence-corrected chi connectivity index (χ4v) is 3.76. The van der Waals surface area contributed by atoms with Crippen LogP contribution < -0.4 is 16.0 Å². The predicted octanol–water partition coefficient (Wildman–Crippen LogP) is 3.47. The van der Waals surface area contributed by atoms with Crippen LogP contribution in [0, 0.1) is 18.8 Å². The van der Waals surface area contributed by atoms with Gasteiger partial charge in [-0.05, 0) is 70.9 Å². The highest BCUT2D eigenvalue weighted by atomic mass is 16.2. The minimum Gasteiger partial charge on any atom is -0.352 e. The second-order valence-electron chi connectivity index (χ2n) is 10.3. The zero-order chi connectivity index (χ0) is 24.1. The number of carbonyl (C=O) groups excluding carboxylic acids is 3. The van der Waals surface area contributed by atoms with Gasteiger partial charge in [0.1, 0.15) is 6.04 Å². The topological polar surface area (TPSA) is 90.5 Å². The monoisotopic (exact) mass is 444 g/mol. The van der Waals surface area contributed by atoms with Crippen molar-refractivity contribution < 1.29 is 14.4 Å². The lowest BCUT2D eigenvalue weighted by Crippen LogP contribution is -2.57. The van der Waals surface area contributed by atoms with E-state index in [1.54, 1.807) is 11.0 Å². The highest BCUT2D eigenvalue weighted by molar-refractivity contribution is 5.98. The van der Waals surface area contributed by atoms with Crippen LogP contribution in [0.5, 0.6) is 0 Å². The van der Waals surface area contributed by atoms with Gasteiger partial charge in [-0.3, -0.25) is 9.59 Å². The number of amides is 4. The summed E-state index contributed by atoms with van der Waals surface area (Å²) in [6.07, 6.45) is 1.31. The highest BCUT2D eigenvalue weighted by Gasteiger charge is 2.35. The number of hydrogen-bond donors (Lipinski definition) is 3. The molecule has 1 aliphatic heterocycles. The smallest absolute Gasteiger partial charge is 0.317 e. The molecule has 4 amide bonds. The molecular formula is C25H40N4O3. The van der Waals surface area contributed by atoms with Crippen LogP contribution in [0.15, 0.2) is 24.3 Å². The zero-order valence-electron chi connectivity index (χ0n) is 20.6. The molecule has 0 radical (unpaired) electrons. The molecule has 7 heteroatoms. The summed E-state index contributed by atoms with van der Waals surface area (Å²) in [7, 11) is 0. The Balaban J connectivity index is 2.13. The molecule has 0 aliphatic carbocycles. The van der Waals surface area contributed by atoms with Crippen LogP contribution >= 0.6 is 0 Å². The average molecular weight is 445 g/mol. The van der Waals surface area contributed by atoms with Gasteiger partial charge in [-0.1, -0.05) is 32.0 Å². The molecular weight excluding hydrogens is 404 g/mol. The minimum absolute atomic E-state index is 0.00184. The van der Waals surface area contributed by atoms with Crippen molar-refractivity contribution in [1.29, 1.82) is 0 Å². The van der Waals surface area contributed by atoms with Crippen LogP contribution in [0.4, 0.5) is 4.79 Å². The Morgan fingerprint density at radius 1 is 1.00 bits per heavy atom. The van der Waals surface area contributed by atoms with Crippen LogP contribution in [0.3, 0.4) is 0 Å². The van der Waals surface area contributed by atoms with Gasteiger partial charge >= 0.3 is 6.03 Å². The first-order valence-electron chi connectivity index (χ1n) is 11.6. The van der Waals surface area contributed by atoms with Crippen LogP contribution in [-0.2, 0) is 4.79 Å². The normalized spacial score (nSPS) is 16.9. The molecule has 7 nitrogen and oxygen atoms in total. The third-order valence-electron chi connectivity index (χ3n) is 6.11. The van der Waals surface area contributed by atoms with E-state index in [0.29, 0.717) is 31.5 Å². The molecule has 2 rings (SSSR count). The quantitative estimate of drug-likeness (QED) is 0.627. The molecule has 0 spiro atoms. The van der Waals surface area contributed by atoms with Gasteiger partial charge in [-0.25, -0.2) is 4.79 Å². The van der Waals surface area contributed by atoms with E-state index in [-0.39, 0.29) is 41.3 Å². The number of hydrogen-bond acceptors (Lipinski definition) is 3. The largest absolute Gasteiger partial charge is 0.352 e. The number of rotatable bonds is 6. The maximum absolute atomic E-state index is 13.2. The first-order valence-corrected chi connectivity index (χ1v) is 11.6. The summed E-state index contributed by atoms with van der Waals surface area (Å²) < 4.78 is 0. The first kappa shape index (κ1) is 25.7. The average Bonchev–Trinajstić information content (AvgIpc) is 2.70. The Morgan fingerprint density at radius 3 is 2.12 bits per heavy atom. The molecule has 1 aromatic carbocycles. The van der Waals surface area contributed by atoms with Crippen molar-refractivity contribution in [3.8, 4) is 0 Å². The van der Waals surface area contributed by atoms with E-state index in [9.17, 15) is 14.4 Å². The van der Waals surface area contributed by atoms with Gasteiger partial charge < -0.3 is 20.9 Å². The maximum Gasteiger partial charge on any atom is 0.317 e. The molecule has 0 aromatic heterocycles. The van der Waals surface area contributed by atoms with Gasteiger partial charge in [-0.2, -0.15) is 0 Å². The molecule has 2 atom stereocenters. The molecule has 0 saturated carbocycles. The Kier molecular flexibility index (Phi) is 8.70. The summed E-state index contributed by atoms with van der Waals surface area (Å²) in [6.45, 7) is 14.9. The number of urea groups is 1. The number of nitrogens with zero attached hydrogens (tertiary/aromatic N) is 1. The SMILES string of the molecule is Cc1ccccc1C(=O)N[C@H](C(=O)N[C@H](C)C(C)C)C1CCN(C(=O)NC(C)(C)C)CC1. The third kappa shape index (κ3) is 7.24. The van der Waals surface area contributed by atoms with Crippen LogP contribution in [0.1, 0.15) is 70.3 Å². The second-order valence-corrected chi connectivity index (χ2v) is 10.3. The fourth-order valence-electron chi connectivity index (χ4n) is 3.76.